The molecule has 3 rings (SSSR count). The molecule has 0 aliphatic carbocycles. The number of anilines is 2. The Kier molecular flexibility index (Phi) is 6.19. The molecule has 1 heterocycles. The Bertz CT molecular complexity index is 802. The van der Waals surface area contributed by atoms with E-state index in [0.717, 1.165) is 23.8 Å². The summed E-state index contributed by atoms with van der Waals surface area (Å²) in [6.07, 6.45) is 0. The molecule has 0 spiro atoms. The van der Waals surface area contributed by atoms with Gasteiger partial charge in [0.2, 0.25) is 0 Å². The number of amides is 2. The minimum Gasteiger partial charge on any atom is -0.462 e. The second-order valence-corrected chi connectivity index (χ2v) is 6.56. The maximum Gasteiger partial charge on any atom is 0.338 e. The summed E-state index contributed by atoms with van der Waals surface area (Å²) < 4.78 is 4.95. The van der Waals surface area contributed by atoms with Crippen molar-refractivity contribution in [2.24, 2.45) is 0 Å². The molecule has 2 amide bonds. The van der Waals surface area contributed by atoms with Crippen LogP contribution in [0.4, 0.5) is 16.2 Å². The quantitative estimate of drug-likeness (QED) is 0.809. The molecule has 0 aromatic heterocycles. The highest BCUT2D eigenvalue weighted by molar-refractivity contribution is 6.33. The van der Waals surface area contributed by atoms with Crippen LogP contribution in [0.1, 0.15) is 17.3 Å². The van der Waals surface area contributed by atoms with Gasteiger partial charge in [0.05, 0.1) is 22.9 Å². The first-order valence-corrected chi connectivity index (χ1v) is 9.29. The number of carbonyl (C=O) groups excluding carboxylic acids is 2. The molecule has 2 aromatic carbocycles. The normalized spacial score (nSPS) is 14.0. The minimum atomic E-state index is -0.369. The van der Waals surface area contributed by atoms with Crippen molar-refractivity contribution in [3.63, 3.8) is 0 Å². The van der Waals surface area contributed by atoms with Gasteiger partial charge in [-0.25, -0.2) is 9.59 Å². The molecule has 27 heavy (non-hydrogen) atoms. The largest absolute Gasteiger partial charge is 0.462 e. The Morgan fingerprint density at radius 1 is 1.04 bits per heavy atom. The molecular formula is C20H22ClN3O3. The fraction of sp³-hybridized carbons (Fsp3) is 0.300. The second kappa shape index (κ2) is 8.77. The van der Waals surface area contributed by atoms with E-state index >= 15 is 0 Å². The Morgan fingerprint density at radius 3 is 2.33 bits per heavy atom. The van der Waals surface area contributed by atoms with E-state index in [4.69, 9.17) is 16.3 Å². The number of nitrogens with zero attached hydrogens (tertiary/aromatic N) is 2. The van der Waals surface area contributed by atoms with Crippen molar-refractivity contribution >= 4 is 35.0 Å². The van der Waals surface area contributed by atoms with Crippen molar-refractivity contribution < 1.29 is 14.3 Å². The molecule has 6 nitrogen and oxygen atoms in total. The third-order valence-electron chi connectivity index (χ3n) is 4.41. The van der Waals surface area contributed by atoms with Crippen molar-refractivity contribution in [3.8, 4) is 0 Å². The predicted molar refractivity (Wildman–Crippen MR) is 107 cm³/mol. The van der Waals surface area contributed by atoms with E-state index in [2.05, 4.69) is 10.2 Å². The summed E-state index contributed by atoms with van der Waals surface area (Å²) in [7, 11) is 0. The van der Waals surface area contributed by atoms with Crippen molar-refractivity contribution in [2.75, 3.05) is 43.0 Å². The first-order chi connectivity index (χ1) is 13.1. The van der Waals surface area contributed by atoms with Crippen LogP contribution >= 0.6 is 11.6 Å². The number of piperazine rings is 1. The van der Waals surface area contributed by atoms with Crippen LogP contribution in [-0.4, -0.2) is 49.7 Å². The molecule has 1 aliphatic heterocycles. The smallest absolute Gasteiger partial charge is 0.338 e. The highest BCUT2D eigenvalue weighted by Crippen LogP contribution is 2.26. The van der Waals surface area contributed by atoms with Crippen molar-refractivity contribution in [2.45, 2.75) is 6.92 Å². The number of benzene rings is 2. The lowest BCUT2D eigenvalue weighted by atomic mass is 10.2. The summed E-state index contributed by atoms with van der Waals surface area (Å²) >= 11 is 6.25. The molecule has 0 bridgehead atoms. The van der Waals surface area contributed by atoms with Crippen molar-refractivity contribution in [3.05, 3.63) is 59.1 Å². The fourth-order valence-corrected chi connectivity index (χ4v) is 3.22. The fourth-order valence-electron chi connectivity index (χ4n) is 2.97. The number of urea groups is 1. The zero-order valence-corrected chi connectivity index (χ0v) is 15.9. The van der Waals surface area contributed by atoms with Crippen LogP contribution in [0.25, 0.3) is 0 Å². The van der Waals surface area contributed by atoms with Gasteiger partial charge in [-0.1, -0.05) is 23.7 Å². The summed E-state index contributed by atoms with van der Waals surface area (Å²) in [5.41, 5.74) is 2.10. The third-order valence-corrected chi connectivity index (χ3v) is 4.73. The van der Waals surface area contributed by atoms with Gasteiger partial charge in [-0.05, 0) is 43.3 Å². The lowest BCUT2D eigenvalue weighted by Gasteiger charge is -2.36. The van der Waals surface area contributed by atoms with E-state index < -0.39 is 0 Å². The average molecular weight is 388 g/mol. The molecule has 1 N–H and O–H groups in total. The SMILES string of the molecule is CCOC(=O)c1ccc(NC(=O)N2CCN(c3ccccc3Cl)CC2)cc1. The van der Waals surface area contributed by atoms with Gasteiger partial charge in [0, 0.05) is 31.9 Å². The molecule has 0 atom stereocenters. The van der Waals surface area contributed by atoms with Gasteiger partial charge in [-0.3, -0.25) is 0 Å². The number of hydrogen-bond donors (Lipinski definition) is 1. The zero-order chi connectivity index (χ0) is 19.2. The maximum absolute atomic E-state index is 12.5. The van der Waals surface area contributed by atoms with E-state index in [9.17, 15) is 9.59 Å². The number of rotatable bonds is 4. The molecule has 0 unspecified atom stereocenters. The number of para-hydroxylation sites is 1. The Hall–Kier alpha value is -2.73. The van der Waals surface area contributed by atoms with E-state index in [-0.39, 0.29) is 12.0 Å². The van der Waals surface area contributed by atoms with Crippen LogP contribution in [0, 0.1) is 0 Å². The van der Waals surface area contributed by atoms with Gasteiger partial charge >= 0.3 is 12.0 Å². The molecule has 1 saturated heterocycles. The molecule has 1 aliphatic rings. The van der Waals surface area contributed by atoms with Crippen LogP contribution in [0.5, 0.6) is 0 Å². The number of hydrogen-bond acceptors (Lipinski definition) is 4. The first kappa shape index (κ1) is 19.0. The summed E-state index contributed by atoms with van der Waals surface area (Å²) in [6.45, 7) is 4.75. The van der Waals surface area contributed by atoms with E-state index in [1.807, 2.05) is 24.3 Å². The number of esters is 1. The number of carbonyl (C=O) groups is 2. The van der Waals surface area contributed by atoms with Crippen LogP contribution in [0.3, 0.4) is 0 Å². The predicted octanol–water partition coefficient (Wildman–Crippen LogP) is 3.87. The van der Waals surface area contributed by atoms with Crippen LogP contribution in [0.2, 0.25) is 5.02 Å². The zero-order valence-electron chi connectivity index (χ0n) is 15.2. The lowest BCUT2D eigenvalue weighted by molar-refractivity contribution is 0.0526. The lowest BCUT2D eigenvalue weighted by Crippen LogP contribution is -2.50. The van der Waals surface area contributed by atoms with Crippen LogP contribution < -0.4 is 10.2 Å². The number of ether oxygens (including phenoxy) is 1. The summed E-state index contributed by atoms with van der Waals surface area (Å²) in [6, 6.07) is 14.3. The van der Waals surface area contributed by atoms with Crippen LogP contribution in [-0.2, 0) is 4.74 Å². The van der Waals surface area contributed by atoms with Crippen LogP contribution in [0.15, 0.2) is 48.5 Å². The van der Waals surface area contributed by atoms with Gasteiger partial charge in [-0.15, -0.1) is 0 Å². The van der Waals surface area contributed by atoms with Crippen molar-refractivity contribution in [1.82, 2.24) is 4.90 Å². The monoisotopic (exact) mass is 387 g/mol. The summed E-state index contributed by atoms with van der Waals surface area (Å²) in [4.78, 5) is 28.1. The molecule has 1 fully saturated rings. The highest BCUT2D eigenvalue weighted by Gasteiger charge is 2.22. The summed E-state index contributed by atoms with van der Waals surface area (Å²) in [5, 5.41) is 3.59. The van der Waals surface area contributed by atoms with Gasteiger partial charge < -0.3 is 19.9 Å². The van der Waals surface area contributed by atoms with Gasteiger partial charge in [0.1, 0.15) is 0 Å². The Labute approximate surface area is 163 Å². The molecule has 2 aromatic rings. The Morgan fingerprint density at radius 2 is 1.70 bits per heavy atom. The molecule has 0 saturated carbocycles. The van der Waals surface area contributed by atoms with Crippen molar-refractivity contribution in [1.29, 1.82) is 0 Å². The van der Waals surface area contributed by atoms with Gasteiger partial charge in [0.25, 0.3) is 0 Å². The topological polar surface area (TPSA) is 61.9 Å². The molecular weight excluding hydrogens is 366 g/mol. The van der Waals surface area contributed by atoms with Gasteiger partial charge in [0.15, 0.2) is 0 Å². The third kappa shape index (κ3) is 4.71. The molecule has 142 valence electrons. The number of halogens is 1. The highest BCUT2D eigenvalue weighted by atomic mass is 35.5. The number of nitrogens with one attached hydrogen (secondary N) is 1. The average Bonchev–Trinajstić information content (AvgIpc) is 2.69. The van der Waals surface area contributed by atoms with E-state index in [0.29, 0.717) is 30.9 Å². The van der Waals surface area contributed by atoms with Gasteiger partial charge in [-0.2, -0.15) is 0 Å². The standard InChI is InChI=1S/C20H22ClN3O3/c1-2-27-19(25)15-7-9-16(10-8-15)22-20(26)24-13-11-23(12-14-24)18-6-4-3-5-17(18)21/h3-10H,2,11-14H2,1H3,(H,22,26). The van der Waals surface area contributed by atoms with E-state index in [1.54, 1.807) is 36.1 Å². The first-order valence-electron chi connectivity index (χ1n) is 8.91. The molecule has 0 radical (unpaired) electrons. The Balaban J connectivity index is 1.54. The molecule has 7 heteroatoms. The maximum atomic E-state index is 12.5. The second-order valence-electron chi connectivity index (χ2n) is 6.15. The minimum absolute atomic E-state index is 0.155. The van der Waals surface area contributed by atoms with E-state index in [1.165, 1.54) is 0 Å². The summed E-state index contributed by atoms with van der Waals surface area (Å²) in [5.74, 6) is -0.369.